The first-order chi connectivity index (χ1) is 14.3. The van der Waals surface area contributed by atoms with Gasteiger partial charge >= 0.3 is 6.03 Å². The summed E-state index contributed by atoms with van der Waals surface area (Å²) in [7, 11) is -1.43. The molecule has 9 nitrogen and oxygen atoms in total. The molecule has 2 atom stereocenters. The van der Waals surface area contributed by atoms with E-state index in [-0.39, 0.29) is 24.2 Å². The van der Waals surface area contributed by atoms with Crippen molar-refractivity contribution < 1.29 is 17.9 Å². The summed E-state index contributed by atoms with van der Waals surface area (Å²) in [6.45, 7) is 3.35. The van der Waals surface area contributed by atoms with Gasteiger partial charge in [0.1, 0.15) is 0 Å². The predicted molar refractivity (Wildman–Crippen MR) is 115 cm³/mol. The molecule has 0 aromatic carbocycles. The van der Waals surface area contributed by atoms with E-state index in [0.29, 0.717) is 32.0 Å². The number of aromatic nitrogens is 2. The Balaban J connectivity index is 1.59. The summed E-state index contributed by atoms with van der Waals surface area (Å²) in [6.07, 6.45) is 10.8. The van der Waals surface area contributed by atoms with E-state index in [4.69, 9.17) is 4.74 Å². The molecule has 1 aliphatic carbocycles. The van der Waals surface area contributed by atoms with Gasteiger partial charge < -0.3 is 15.0 Å². The lowest BCUT2D eigenvalue weighted by molar-refractivity contribution is -0.0173. The average molecular weight is 442 g/mol. The van der Waals surface area contributed by atoms with Crippen molar-refractivity contribution in [2.45, 2.75) is 69.6 Å². The molecule has 1 aromatic rings. The van der Waals surface area contributed by atoms with Crippen LogP contribution in [0, 0.1) is 0 Å². The Kier molecular flexibility index (Phi) is 7.75. The Bertz CT molecular complexity index is 804. The second-order valence-electron chi connectivity index (χ2n) is 8.49. The Morgan fingerprint density at radius 1 is 1.27 bits per heavy atom. The lowest BCUT2D eigenvalue weighted by Crippen LogP contribution is -2.60. The number of sulfonamides is 1. The maximum atomic E-state index is 12.5. The van der Waals surface area contributed by atoms with Crippen LogP contribution >= 0.6 is 0 Å². The zero-order chi connectivity index (χ0) is 21.7. The highest BCUT2D eigenvalue weighted by Gasteiger charge is 2.36. The number of carbonyl (C=O) groups excluding carboxylic acids is 1. The number of aryl methyl sites for hydroxylation is 1. The molecular formula is C20H35N5O4S. The van der Waals surface area contributed by atoms with Crippen molar-refractivity contribution >= 4 is 16.1 Å². The van der Waals surface area contributed by atoms with E-state index in [1.807, 2.05) is 24.9 Å². The lowest BCUT2D eigenvalue weighted by atomic mass is 9.84. The Labute approximate surface area is 179 Å². The molecule has 0 bridgehead atoms. The molecule has 2 aliphatic rings. The minimum Gasteiger partial charge on any atom is -0.376 e. The van der Waals surface area contributed by atoms with Crippen molar-refractivity contribution in [2.75, 3.05) is 26.0 Å². The fourth-order valence-corrected chi connectivity index (χ4v) is 5.45. The van der Waals surface area contributed by atoms with Crippen molar-refractivity contribution in [1.82, 2.24) is 24.7 Å². The first-order valence-electron chi connectivity index (χ1n) is 10.9. The van der Waals surface area contributed by atoms with Crippen LogP contribution in [0.3, 0.4) is 0 Å². The Hall–Kier alpha value is -1.65. The zero-order valence-electron chi connectivity index (χ0n) is 18.2. The number of likely N-dealkylation sites (tertiary alicyclic amines) is 1. The first kappa shape index (κ1) is 23.0. The molecule has 2 amide bonds. The van der Waals surface area contributed by atoms with E-state index in [1.54, 1.807) is 4.90 Å². The third-order valence-electron chi connectivity index (χ3n) is 6.11. The van der Waals surface area contributed by atoms with Crippen LogP contribution in [0.15, 0.2) is 12.4 Å². The maximum absolute atomic E-state index is 12.5. The number of hydrogen-bond acceptors (Lipinski definition) is 5. The molecule has 0 spiro atoms. The van der Waals surface area contributed by atoms with Gasteiger partial charge in [-0.3, -0.25) is 4.68 Å². The van der Waals surface area contributed by atoms with Crippen LogP contribution in [0.2, 0.25) is 0 Å². The van der Waals surface area contributed by atoms with E-state index >= 15 is 0 Å². The normalized spacial score (nSPS) is 27.8. The molecule has 170 valence electrons. The maximum Gasteiger partial charge on any atom is 0.317 e. The van der Waals surface area contributed by atoms with Gasteiger partial charge in [0.25, 0.3) is 0 Å². The van der Waals surface area contributed by atoms with Crippen molar-refractivity contribution in [3.05, 3.63) is 18.0 Å². The third kappa shape index (κ3) is 6.18. The van der Waals surface area contributed by atoms with Crippen LogP contribution in [0.25, 0.3) is 0 Å². The number of piperidine rings is 1. The summed E-state index contributed by atoms with van der Waals surface area (Å²) < 4.78 is 34.5. The number of amides is 2. The monoisotopic (exact) mass is 441 g/mol. The van der Waals surface area contributed by atoms with Crippen LogP contribution in [-0.4, -0.2) is 73.3 Å². The van der Waals surface area contributed by atoms with Gasteiger partial charge in [-0.25, -0.2) is 17.9 Å². The topological polar surface area (TPSA) is 106 Å². The summed E-state index contributed by atoms with van der Waals surface area (Å²) in [5, 5.41) is 7.11. The summed E-state index contributed by atoms with van der Waals surface area (Å²) in [4.78, 5) is 14.3. The minimum absolute atomic E-state index is 0.134. The number of rotatable bonds is 7. The van der Waals surface area contributed by atoms with Crippen molar-refractivity contribution in [2.24, 2.45) is 7.05 Å². The predicted octanol–water partition coefficient (Wildman–Crippen LogP) is 1.57. The van der Waals surface area contributed by atoms with Gasteiger partial charge in [0.2, 0.25) is 10.0 Å². The second-order valence-corrected chi connectivity index (χ2v) is 10.3. The van der Waals surface area contributed by atoms with Crippen LogP contribution in [0.4, 0.5) is 4.79 Å². The molecule has 1 saturated carbocycles. The smallest absolute Gasteiger partial charge is 0.317 e. The van der Waals surface area contributed by atoms with Crippen LogP contribution < -0.4 is 10.0 Å². The first-order valence-corrected chi connectivity index (χ1v) is 12.8. The fraction of sp³-hybridized carbons (Fsp3) is 0.800. The van der Waals surface area contributed by atoms with Gasteiger partial charge in [0.15, 0.2) is 0 Å². The molecule has 0 unspecified atom stereocenters. The molecule has 2 heterocycles. The SMILES string of the molecule is CCNC(=O)N1CCC[C@H](NS(C)(=O)=O)[C@@H]1COC1CCC(c2cnn(C)c2)CC1. The molecule has 2 fully saturated rings. The van der Waals surface area contributed by atoms with Gasteiger partial charge in [-0.15, -0.1) is 0 Å². The molecule has 2 N–H and O–H groups in total. The van der Waals surface area contributed by atoms with Gasteiger partial charge in [0, 0.05) is 32.4 Å². The van der Waals surface area contributed by atoms with E-state index in [0.717, 1.165) is 38.4 Å². The van der Waals surface area contributed by atoms with Crippen molar-refractivity contribution in [1.29, 1.82) is 0 Å². The third-order valence-corrected chi connectivity index (χ3v) is 6.84. The molecule has 0 radical (unpaired) electrons. The average Bonchev–Trinajstić information content (AvgIpc) is 3.12. The van der Waals surface area contributed by atoms with Crippen LogP contribution in [0.1, 0.15) is 56.9 Å². The molecule has 10 heteroatoms. The highest BCUT2D eigenvalue weighted by Crippen LogP contribution is 2.34. The summed E-state index contributed by atoms with van der Waals surface area (Å²) in [5.74, 6) is 0.514. The number of nitrogens with one attached hydrogen (secondary N) is 2. The molecular weight excluding hydrogens is 406 g/mol. The number of carbonyl (C=O) groups is 1. The zero-order valence-corrected chi connectivity index (χ0v) is 19.0. The molecule has 1 aromatic heterocycles. The largest absolute Gasteiger partial charge is 0.376 e. The highest BCUT2D eigenvalue weighted by atomic mass is 32.2. The fourth-order valence-electron chi connectivity index (χ4n) is 4.63. The van der Waals surface area contributed by atoms with Crippen molar-refractivity contribution in [3.8, 4) is 0 Å². The van der Waals surface area contributed by atoms with Gasteiger partial charge in [-0.1, -0.05) is 0 Å². The van der Waals surface area contributed by atoms with Gasteiger partial charge in [0.05, 0.1) is 31.2 Å². The summed E-state index contributed by atoms with van der Waals surface area (Å²) in [5.41, 5.74) is 1.28. The summed E-state index contributed by atoms with van der Waals surface area (Å²) in [6, 6.07) is -0.800. The van der Waals surface area contributed by atoms with Crippen LogP contribution in [-0.2, 0) is 21.8 Å². The molecule has 30 heavy (non-hydrogen) atoms. The van der Waals surface area contributed by atoms with E-state index in [9.17, 15) is 13.2 Å². The molecule has 3 rings (SSSR count). The number of hydrogen-bond donors (Lipinski definition) is 2. The summed E-state index contributed by atoms with van der Waals surface area (Å²) >= 11 is 0. The number of nitrogens with zero attached hydrogens (tertiary/aromatic N) is 3. The standard InChI is InChI=1S/C20H35N5O4S/c1-4-21-20(26)25-11-5-6-18(23-30(3,27)28)19(25)14-29-17-9-7-15(8-10-17)16-12-22-24(2)13-16/h12-13,15,17-19,23H,4-11,14H2,1-3H3,(H,21,26)/t15?,17?,18-,19-/m0/s1. The van der Waals surface area contributed by atoms with Gasteiger partial charge in [-0.05, 0) is 56.9 Å². The Morgan fingerprint density at radius 2 is 2.00 bits per heavy atom. The molecule has 1 aliphatic heterocycles. The quantitative estimate of drug-likeness (QED) is 0.668. The van der Waals surface area contributed by atoms with Crippen molar-refractivity contribution in [3.63, 3.8) is 0 Å². The Morgan fingerprint density at radius 3 is 2.60 bits per heavy atom. The van der Waals surface area contributed by atoms with E-state index in [1.165, 1.54) is 5.56 Å². The lowest BCUT2D eigenvalue weighted by Gasteiger charge is -2.42. The van der Waals surface area contributed by atoms with E-state index < -0.39 is 10.0 Å². The van der Waals surface area contributed by atoms with Gasteiger partial charge in [-0.2, -0.15) is 5.10 Å². The second kappa shape index (κ2) is 10.1. The number of ether oxygens (including phenoxy) is 1. The minimum atomic E-state index is -3.37. The van der Waals surface area contributed by atoms with E-state index in [2.05, 4.69) is 21.3 Å². The highest BCUT2D eigenvalue weighted by molar-refractivity contribution is 7.88. The number of urea groups is 1. The van der Waals surface area contributed by atoms with Crippen LogP contribution in [0.5, 0.6) is 0 Å². The molecule has 1 saturated heterocycles.